The lowest BCUT2D eigenvalue weighted by Crippen LogP contribution is -2.37. The third kappa shape index (κ3) is 2.78. The van der Waals surface area contributed by atoms with E-state index in [0.717, 1.165) is 0 Å². The van der Waals surface area contributed by atoms with Gasteiger partial charge in [0.05, 0.1) is 30.1 Å². The Morgan fingerprint density at radius 3 is 2.32 bits per heavy atom. The summed E-state index contributed by atoms with van der Waals surface area (Å²) in [6, 6.07) is 14.1. The van der Waals surface area contributed by atoms with E-state index in [1.165, 1.54) is 15.9 Å². The molecule has 0 aromatic heterocycles. The van der Waals surface area contributed by atoms with E-state index >= 15 is 0 Å². The number of hydrogen-bond acceptors (Lipinski definition) is 3. The van der Waals surface area contributed by atoms with Gasteiger partial charge in [-0.05, 0) is 18.2 Å². The van der Waals surface area contributed by atoms with Crippen molar-refractivity contribution in [1.29, 1.82) is 0 Å². The van der Waals surface area contributed by atoms with E-state index in [9.17, 15) is 17.6 Å². The molecule has 0 bridgehead atoms. The van der Waals surface area contributed by atoms with Crippen molar-refractivity contribution in [2.75, 3.05) is 16.4 Å². The van der Waals surface area contributed by atoms with Gasteiger partial charge in [0.15, 0.2) is 9.84 Å². The molecule has 130 valence electrons. The fourth-order valence-electron chi connectivity index (χ4n) is 3.66. The molecule has 0 unspecified atom stereocenters. The van der Waals surface area contributed by atoms with Crippen LogP contribution in [0, 0.1) is 5.82 Å². The summed E-state index contributed by atoms with van der Waals surface area (Å²) in [6.07, 6.45) is 0. The summed E-state index contributed by atoms with van der Waals surface area (Å²) in [5.74, 6) is -0.543. The predicted molar refractivity (Wildman–Crippen MR) is 92.5 cm³/mol. The molecule has 2 aliphatic heterocycles. The summed E-state index contributed by atoms with van der Waals surface area (Å²) in [5, 5.41) is 0. The fraction of sp³-hybridized carbons (Fsp3) is 0.278. The Morgan fingerprint density at radius 1 is 0.960 bits per heavy atom. The summed E-state index contributed by atoms with van der Waals surface area (Å²) in [5.41, 5.74) is 1.05. The lowest BCUT2D eigenvalue weighted by atomic mass is 10.1. The number of rotatable bonds is 3. The van der Waals surface area contributed by atoms with Gasteiger partial charge in [0.25, 0.3) is 0 Å². The summed E-state index contributed by atoms with van der Waals surface area (Å²) in [4.78, 5) is 16.0. The van der Waals surface area contributed by atoms with Gasteiger partial charge < -0.3 is 4.90 Å². The van der Waals surface area contributed by atoms with Crippen molar-refractivity contribution in [2.24, 2.45) is 0 Å². The van der Waals surface area contributed by atoms with Crippen molar-refractivity contribution in [2.45, 2.75) is 18.6 Å². The highest BCUT2D eigenvalue weighted by Gasteiger charge is 2.53. The molecule has 2 fully saturated rings. The number of nitrogens with zero attached hydrogens (tertiary/aromatic N) is 2. The molecule has 5 nitrogen and oxygen atoms in total. The van der Waals surface area contributed by atoms with Gasteiger partial charge in [0.1, 0.15) is 5.82 Å². The Balaban J connectivity index is 1.72. The smallest absolute Gasteiger partial charge is 0.314 e. The molecule has 2 saturated heterocycles. The van der Waals surface area contributed by atoms with Gasteiger partial charge in [-0.25, -0.2) is 17.6 Å². The van der Waals surface area contributed by atoms with E-state index in [-0.39, 0.29) is 24.1 Å². The zero-order valence-electron chi connectivity index (χ0n) is 13.4. The number of carbonyl (C=O) groups is 1. The molecule has 25 heavy (non-hydrogen) atoms. The van der Waals surface area contributed by atoms with Crippen LogP contribution in [-0.2, 0) is 16.4 Å². The van der Waals surface area contributed by atoms with Crippen LogP contribution in [0.2, 0.25) is 0 Å². The third-order valence-electron chi connectivity index (χ3n) is 4.81. The maximum Gasteiger partial charge on any atom is 0.325 e. The van der Waals surface area contributed by atoms with Crippen molar-refractivity contribution in [3.8, 4) is 0 Å². The van der Waals surface area contributed by atoms with Crippen LogP contribution in [0.3, 0.4) is 0 Å². The van der Waals surface area contributed by atoms with Gasteiger partial charge in [0, 0.05) is 11.3 Å². The van der Waals surface area contributed by atoms with E-state index in [0.29, 0.717) is 11.3 Å². The first-order valence-electron chi connectivity index (χ1n) is 8.05. The number of anilines is 1. The largest absolute Gasteiger partial charge is 0.325 e. The quantitative estimate of drug-likeness (QED) is 0.790. The van der Waals surface area contributed by atoms with Crippen LogP contribution >= 0.6 is 0 Å². The fourth-order valence-corrected chi connectivity index (χ4v) is 5.61. The number of benzene rings is 2. The van der Waals surface area contributed by atoms with Crippen molar-refractivity contribution < 1.29 is 17.6 Å². The molecule has 2 amide bonds. The number of fused-ring (bicyclic) bond motifs is 1. The molecule has 0 radical (unpaired) electrons. The van der Waals surface area contributed by atoms with Gasteiger partial charge in [-0.2, -0.15) is 0 Å². The number of carbonyl (C=O) groups excluding carboxylic acids is 1. The van der Waals surface area contributed by atoms with Gasteiger partial charge in [-0.15, -0.1) is 0 Å². The van der Waals surface area contributed by atoms with E-state index in [1.54, 1.807) is 42.5 Å². The van der Waals surface area contributed by atoms with Crippen LogP contribution in [0.5, 0.6) is 0 Å². The van der Waals surface area contributed by atoms with Crippen molar-refractivity contribution >= 4 is 21.6 Å². The molecule has 0 spiro atoms. The zero-order valence-corrected chi connectivity index (χ0v) is 14.2. The van der Waals surface area contributed by atoms with Crippen LogP contribution < -0.4 is 4.90 Å². The Hall–Kier alpha value is -2.41. The molecule has 2 heterocycles. The monoisotopic (exact) mass is 360 g/mol. The number of amides is 2. The topological polar surface area (TPSA) is 57.7 Å². The second-order valence-corrected chi connectivity index (χ2v) is 8.57. The summed E-state index contributed by atoms with van der Waals surface area (Å²) in [6.45, 7) is 0.0610. The first-order chi connectivity index (χ1) is 12.0. The number of sulfone groups is 1. The summed E-state index contributed by atoms with van der Waals surface area (Å²) < 4.78 is 38.3. The van der Waals surface area contributed by atoms with Gasteiger partial charge in [-0.3, -0.25) is 4.90 Å². The van der Waals surface area contributed by atoms with Gasteiger partial charge in [0.2, 0.25) is 0 Å². The molecular weight excluding hydrogens is 343 g/mol. The second kappa shape index (κ2) is 5.84. The normalized spacial score (nSPS) is 24.6. The highest BCUT2D eigenvalue weighted by atomic mass is 32.2. The Bertz CT molecular complexity index is 917. The molecule has 4 rings (SSSR count). The van der Waals surface area contributed by atoms with Crippen LogP contribution in [0.15, 0.2) is 54.6 Å². The van der Waals surface area contributed by atoms with E-state index in [2.05, 4.69) is 0 Å². The lowest BCUT2D eigenvalue weighted by molar-refractivity contribution is 0.205. The van der Waals surface area contributed by atoms with Crippen molar-refractivity contribution in [3.63, 3.8) is 0 Å². The van der Waals surface area contributed by atoms with Crippen LogP contribution in [0.4, 0.5) is 14.9 Å². The lowest BCUT2D eigenvalue weighted by Gasteiger charge is -2.22. The number of halogens is 1. The van der Waals surface area contributed by atoms with E-state index < -0.39 is 27.7 Å². The molecular formula is C18H17FN2O3S. The van der Waals surface area contributed by atoms with Crippen molar-refractivity contribution in [1.82, 2.24) is 4.90 Å². The Kier molecular flexibility index (Phi) is 3.76. The van der Waals surface area contributed by atoms with Gasteiger partial charge in [-0.1, -0.05) is 36.4 Å². The highest BCUT2D eigenvalue weighted by molar-refractivity contribution is 7.91. The molecule has 2 aromatic rings. The number of hydrogen-bond donors (Lipinski definition) is 0. The van der Waals surface area contributed by atoms with E-state index in [1.807, 2.05) is 6.07 Å². The molecule has 0 saturated carbocycles. The minimum atomic E-state index is -3.23. The molecule has 2 aromatic carbocycles. The van der Waals surface area contributed by atoms with Crippen LogP contribution in [-0.4, -0.2) is 42.9 Å². The van der Waals surface area contributed by atoms with Crippen LogP contribution in [0.25, 0.3) is 0 Å². The maximum atomic E-state index is 14.0. The number of urea groups is 1. The summed E-state index contributed by atoms with van der Waals surface area (Å²) >= 11 is 0. The summed E-state index contributed by atoms with van der Waals surface area (Å²) in [7, 11) is -3.23. The van der Waals surface area contributed by atoms with Crippen LogP contribution in [0.1, 0.15) is 5.56 Å². The standard InChI is InChI=1S/C18H17FN2O3S/c19-15-9-5-4-6-13(15)10-20-16-11-25(23,24)12-17(16)21(18(20)22)14-7-2-1-3-8-14/h1-9,16-17H,10-12H2/t16-,17-/m1/s1. The maximum absolute atomic E-state index is 14.0. The minimum Gasteiger partial charge on any atom is -0.314 e. The average molecular weight is 360 g/mol. The first-order valence-corrected chi connectivity index (χ1v) is 9.87. The second-order valence-electron chi connectivity index (χ2n) is 6.42. The highest BCUT2D eigenvalue weighted by Crippen LogP contribution is 2.35. The third-order valence-corrected chi connectivity index (χ3v) is 6.51. The Morgan fingerprint density at radius 2 is 1.60 bits per heavy atom. The molecule has 2 atom stereocenters. The first kappa shape index (κ1) is 16.1. The Labute approximate surface area is 145 Å². The SMILES string of the molecule is O=C1N(Cc2ccccc2F)[C@@H]2CS(=O)(=O)C[C@H]2N1c1ccccc1. The zero-order chi connectivity index (χ0) is 17.6. The molecule has 2 aliphatic rings. The predicted octanol–water partition coefficient (Wildman–Crippen LogP) is 2.43. The molecule has 0 N–H and O–H groups in total. The molecule has 7 heteroatoms. The number of para-hydroxylation sites is 1. The van der Waals surface area contributed by atoms with E-state index in [4.69, 9.17) is 0 Å². The minimum absolute atomic E-state index is 0.0610. The average Bonchev–Trinajstić information content (AvgIpc) is 3.01. The van der Waals surface area contributed by atoms with Crippen molar-refractivity contribution in [3.05, 3.63) is 66.0 Å². The van der Waals surface area contributed by atoms with Gasteiger partial charge >= 0.3 is 6.03 Å². The molecule has 0 aliphatic carbocycles.